The van der Waals surface area contributed by atoms with Gasteiger partial charge in [0.1, 0.15) is 42.3 Å². The third-order valence-corrected chi connectivity index (χ3v) is 5.07. The summed E-state index contributed by atoms with van der Waals surface area (Å²) in [6.45, 7) is 0.966. The van der Waals surface area contributed by atoms with Gasteiger partial charge in [-0.3, -0.25) is 4.40 Å². The molecule has 3 heterocycles. The molecular weight excluding hydrogens is 407 g/mol. The highest BCUT2D eigenvalue weighted by Crippen LogP contribution is 2.39. The molecule has 0 saturated heterocycles. The highest BCUT2D eigenvalue weighted by molar-refractivity contribution is 6.33. The van der Waals surface area contributed by atoms with Crippen molar-refractivity contribution in [2.45, 2.75) is 0 Å². The summed E-state index contributed by atoms with van der Waals surface area (Å²) in [6, 6.07) is 15.4. The Kier molecular flexibility index (Phi) is 4.42. The maximum Gasteiger partial charge on any atom is 0.163 e. The Morgan fingerprint density at radius 3 is 2.73 bits per heavy atom. The van der Waals surface area contributed by atoms with Crippen molar-refractivity contribution in [1.29, 1.82) is 5.26 Å². The van der Waals surface area contributed by atoms with Crippen molar-refractivity contribution in [2.24, 2.45) is 0 Å². The molecule has 2 aromatic carbocycles. The number of anilines is 2. The Labute approximate surface area is 176 Å². The van der Waals surface area contributed by atoms with E-state index in [9.17, 15) is 9.65 Å². The van der Waals surface area contributed by atoms with E-state index in [1.807, 2.05) is 6.07 Å². The lowest BCUT2D eigenvalue weighted by molar-refractivity contribution is 0.171. The average Bonchev–Trinajstić information content (AvgIpc) is 3.10. The molecule has 6 nitrogen and oxygen atoms in total. The van der Waals surface area contributed by atoms with Crippen molar-refractivity contribution < 1.29 is 13.9 Å². The van der Waals surface area contributed by atoms with Crippen LogP contribution in [-0.2, 0) is 0 Å². The third kappa shape index (κ3) is 3.08. The summed E-state index contributed by atoms with van der Waals surface area (Å²) >= 11 is 6.31. The standard InChI is InChI=1S/C22H14ClFN4O2/c23-15-2-1-3-16(24)20(15)21-22(28-12-13(11-25)4-7-19(28)27-21)26-14-5-6-17-18(10-14)30-9-8-29-17/h1-7,10,12,26H,8-9H2. The van der Waals surface area contributed by atoms with E-state index >= 15 is 0 Å². The van der Waals surface area contributed by atoms with Crippen LogP contribution in [0.1, 0.15) is 5.56 Å². The van der Waals surface area contributed by atoms with Crippen LogP contribution in [0.15, 0.2) is 54.7 Å². The first-order valence-corrected chi connectivity index (χ1v) is 9.55. The Hall–Kier alpha value is -3.76. The second-order valence-electron chi connectivity index (χ2n) is 6.65. The number of aromatic nitrogens is 2. The maximum absolute atomic E-state index is 14.7. The summed E-state index contributed by atoms with van der Waals surface area (Å²) in [5, 5.41) is 12.8. The first-order valence-electron chi connectivity index (χ1n) is 9.17. The Balaban J connectivity index is 1.70. The van der Waals surface area contributed by atoms with Gasteiger partial charge in [0.05, 0.1) is 16.1 Å². The number of hydrogen-bond donors (Lipinski definition) is 1. The lowest BCUT2D eigenvalue weighted by atomic mass is 10.1. The molecule has 0 amide bonds. The fraction of sp³-hybridized carbons (Fsp3) is 0.0909. The number of nitriles is 1. The number of imidazole rings is 1. The van der Waals surface area contributed by atoms with Crippen LogP contribution < -0.4 is 14.8 Å². The first kappa shape index (κ1) is 18.3. The summed E-state index contributed by atoms with van der Waals surface area (Å²) in [4.78, 5) is 4.57. The summed E-state index contributed by atoms with van der Waals surface area (Å²) in [7, 11) is 0. The number of benzene rings is 2. The molecule has 1 N–H and O–H groups in total. The Morgan fingerprint density at radius 2 is 1.93 bits per heavy atom. The van der Waals surface area contributed by atoms with Gasteiger partial charge in [0.25, 0.3) is 0 Å². The van der Waals surface area contributed by atoms with Crippen LogP contribution in [0.5, 0.6) is 11.5 Å². The number of nitrogens with zero attached hydrogens (tertiary/aromatic N) is 3. The van der Waals surface area contributed by atoms with Gasteiger partial charge in [0.2, 0.25) is 0 Å². The molecule has 4 aromatic rings. The van der Waals surface area contributed by atoms with E-state index in [1.54, 1.807) is 47.0 Å². The highest BCUT2D eigenvalue weighted by Gasteiger charge is 2.21. The lowest BCUT2D eigenvalue weighted by Crippen LogP contribution is -2.15. The number of hydrogen-bond acceptors (Lipinski definition) is 5. The molecule has 0 fully saturated rings. The predicted octanol–water partition coefficient (Wildman–Crippen LogP) is 5.18. The molecule has 148 valence electrons. The number of nitrogens with one attached hydrogen (secondary N) is 1. The topological polar surface area (TPSA) is 71.6 Å². The van der Waals surface area contributed by atoms with Crippen LogP contribution in [-0.4, -0.2) is 22.6 Å². The zero-order valence-electron chi connectivity index (χ0n) is 15.5. The van der Waals surface area contributed by atoms with E-state index in [2.05, 4.69) is 16.4 Å². The lowest BCUT2D eigenvalue weighted by Gasteiger charge is -2.19. The van der Waals surface area contributed by atoms with Crippen LogP contribution >= 0.6 is 11.6 Å². The van der Waals surface area contributed by atoms with Crippen LogP contribution in [0.3, 0.4) is 0 Å². The van der Waals surface area contributed by atoms with E-state index < -0.39 is 5.82 Å². The molecule has 30 heavy (non-hydrogen) atoms. The van der Waals surface area contributed by atoms with Crippen molar-refractivity contribution in [3.63, 3.8) is 0 Å². The molecule has 0 aliphatic carbocycles. The fourth-order valence-corrected chi connectivity index (χ4v) is 3.64. The largest absolute Gasteiger partial charge is 0.486 e. The SMILES string of the molecule is N#Cc1ccc2nc(-c3c(F)cccc3Cl)c(Nc3ccc4c(c3)OCCO4)n2c1. The fourth-order valence-electron chi connectivity index (χ4n) is 3.39. The van der Waals surface area contributed by atoms with Gasteiger partial charge in [-0.25, -0.2) is 9.37 Å². The highest BCUT2D eigenvalue weighted by atomic mass is 35.5. The molecule has 1 aliphatic heterocycles. The number of fused-ring (bicyclic) bond motifs is 2. The van der Waals surface area contributed by atoms with Gasteiger partial charge in [-0.1, -0.05) is 17.7 Å². The minimum Gasteiger partial charge on any atom is -0.486 e. The number of rotatable bonds is 3. The van der Waals surface area contributed by atoms with Gasteiger partial charge in [-0.15, -0.1) is 0 Å². The third-order valence-electron chi connectivity index (χ3n) is 4.75. The van der Waals surface area contributed by atoms with E-state index in [1.165, 1.54) is 6.07 Å². The number of pyridine rings is 1. The maximum atomic E-state index is 14.7. The monoisotopic (exact) mass is 420 g/mol. The van der Waals surface area contributed by atoms with Crippen molar-refractivity contribution in [1.82, 2.24) is 9.38 Å². The quantitative estimate of drug-likeness (QED) is 0.494. The van der Waals surface area contributed by atoms with Gasteiger partial charge < -0.3 is 14.8 Å². The van der Waals surface area contributed by atoms with Crippen LogP contribution in [0.2, 0.25) is 5.02 Å². The normalized spacial score (nSPS) is 12.6. The molecule has 0 bridgehead atoms. The molecule has 2 aromatic heterocycles. The van der Waals surface area contributed by atoms with Crippen LogP contribution in [0.4, 0.5) is 15.9 Å². The van der Waals surface area contributed by atoms with Gasteiger partial charge in [-0.05, 0) is 36.4 Å². The van der Waals surface area contributed by atoms with E-state index in [4.69, 9.17) is 21.1 Å². The Morgan fingerprint density at radius 1 is 1.10 bits per heavy atom. The minimum absolute atomic E-state index is 0.182. The molecule has 1 aliphatic rings. The number of ether oxygens (including phenoxy) is 2. The molecule has 8 heteroatoms. The molecule has 0 atom stereocenters. The van der Waals surface area contributed by atoms with Gasteiger partial charge in [-0.2, -0.15) is 5.26 Å². The second kappa shape index (κ2) is 7.25. The first-order chi connectivity index (χ1) is 14.6. The zero-order valence-corrected chi connectivity index (χ0v) is 16.3. The van der Waals surface area contributed by atoms with Crippen molar-refractivity contribution >= 4 is 28.8 Å². The average molecular weight is 421 g/mol. The molecule has 5 rings (SSSR count). The molecule has 0 spiro atoms. The van der Waals surface area contributed by atoms with Gasteiger partial charge >= 0.3 is 0 Å². The number of halogens is 2. The second-order valence-corrected chi connectivity index (χ2v) is 7.05. The minimum atomic E-state index is -0.489. The molecule has 0 saturated carbocycles. The summed E-state index contributed by atoms with van der Waals surface area (Å²) in [5.41, 5.74) is 2.20. The smallest absolute Gasteiger partial charge is 0.163 e. The Bertz CT molecular complexity index is 1310. The van der Waals surface area contributed by atoms with Crippen LogP contribution in [0, 0.1) is 17.1 Å². The van der Waals surface area contributed by atoms with Crippen molar-refractivity contribution in [3.8, 4) is 28.8 Å². The van der Waals surface area contributed by atoms with E-state index in [0.29, 0.717) is 53.1 Å². The van der Waals surface area contributed by atoms with E-state index in [-0.39, 0.29) is 10.6 Å². The van der Waals surface area contributed by atoms with Crippen molar-refractivity contribution in [2.75, 3.05) is 18.5 Å². The summed E-state index contributed by atoms with van der Waals surface area (Å²) < 4.78 is 27.6. The molecular formula is C22H14ClFN4O2. The zero-order chi connectivity index (χ0) is 20.7. The summed E-state index contributed by atoms with van der Waals surface area (Å²) in [5.74, 6) is 1.26. The summed E-state index contributed by atoms with van der Waals surface area (Å²) in [6.07, 6.45) is 1.64. The predicted molar refractivity (Wildman–Crippen MR) is 111 cm³/mol. The van der Waals surface area contributed by atoms with Gasteiger partial charge in [0.15, 0.2) is 11.5 Å². The molecule has 0 unspecified atom stereocenters. The molecule has 0 radical (unpaired) electrons. The van der Waals surface area contributed by atoms with Gasteiger partial charge in [0, 0.05) is 18.0 Å². The van der Waals surface area contributed by atoms with Crippen molar-refractivity contribution in [3.05, 3.63) is 71.1 Å². The van der Waals surface area contributed by atoms with Crippen LogP contribution in [0.25, 0.3) is 16.9 Å². The van der Waals surface area contributed by atoms with E-state index in [0.717, 1.165) is 0 Å².